The number of pyridine rings is 1. The predicted octanol–water partition coefficient (Wildman–Crippen LogP) is 3.86. The molecule has 1 aromatic carbocycles. The number of amides is 2. The second-order valence-electron chi connectivity index (χ2n) is 7.54. The normalized spacial score (nSPS) is 14.7. The van der Waals surface area contributed by atoms with Gasteiger partial charge in [0.15, 0.2) is 0 Å². The first-order valence-electron chi connectivity index (χ1n) is 10.2. The molecule has 33 heavy (non-hydrogen) atoms. The van der Waals surface area contributed by atoms with Crippen molar-refractivity contribution < 1.29 is 27.5 Å². The molecule has 1 aliphatic heterocycles. The molecule has 0 aliphatic carbocycles. The number of anilines is 1. The maximum Gasteiger partial charge on any atom is 0.573 e. The molecule has 11 heteroatoms. The number of hydrogen-bond donors (Lipinski definition) is 2. The number of H-pyrrole nitrogens is 1. The van der Waals surface area contributed by atoms with E-state index in [2.05, 4.69) is 25.2 Å². The highest BCUT2D eigenvalue weighted by atomic mass is 19.4. The van der Waals surface area contributed by atoms with Gasteiger partial charge in [0.1, 0.15) is 11.4 Å². The Morgan fingerprint density at radius 3 is 2.48 bits per heavy atom. The SMILES string of the molecule is O=C(Nc1ccc(OC(F)(F)F)cc1)C1CCN(C(=O)c2cc(-c3cccnc3)n[nH]2)CC1. The molecule has 4 rings (SSSR count). The van der Waals surface area contributed by atoms with Gasteiger partial charge in [-0.3, -0.25) is 19.7 Å². The van der Waals surface area contributed by atoms with Crippen LogP contribution >= 0.6 is 0 Å². The highest BCUT2D eigenvalue weighted by molar-refractivity contribution is 5.95. The number of aromatic nitrogens is 3. The fourth-order valence-corrected chi connectivity index (χ4v) is 3.59. The first-order chi connectivity index (χ1) is 15.8. The van der Waals surface area contributed by atoms with Crippen LogP contribution in [0.2, 0.25) is 0 Å². The lowest BCUT2D eigenvalue weighted by Crippen LogP contribution is -2.41. The summed E-state index contributed by atoms with van der Waals surface area (Å²) >= 11 is 0. The number of benzene rings is 1. The first kappa shape index (κ1) is 22.3. The summed E-state index contributed by atoms with van der Waals surface area (Å²) in [4.78, 5) is 31.0. The number of rotatable bonds is 5. The van der Waals surface area contributed by atoms with Crippen LogP contribution in [0.25, 0.3) is 11.3 Å². The molecule has 3 heterocycles. The lowest BCUT2D eigenvalue weighted by molar-refractivity contribution is -0.274. The first-order valence-corrected chi connectivity index (χ1v) is 10.2. The minimum absolute atomic E-state index is 0.197. The van der Waals surface area contributed by atoms with Crippen molar-refractivity contribution in [3.63, 3.8) is 0 Å². The molecule has 8 nitrogen and oxygen atoms in total. The maximum atomic E-state index is 12.8. The number of ether oxygens (including phenoxy) is 1. The van der Waals surface area contributed by atoms with Crippen LogP contribution in [0.1, 0.15) is 23.3 Å². The Labute approximate surface area is 186 Å². The van der Waals surface area contributed by atoms with E-state index in [0.29, 0.717) is 43.0 Å². The number of carbonyl (C=O) groups is 2. The van der Waals surface area contributed by atoms with E-state index in [0.717, 1.165) is 17.7 Å². The van der Waals surface area contributed by atoms with Gasteiger partial charge in [-0.15, -0.1) is 13.2 Å². The standard InChI is InChI=1S/C22H20F3N5O3/c23-22(24,25)33-17-5-3-16(4-6-17)27-20(31)14-7-10-30(11-8-14)21(32)19-12-18(28-29-19)15-2-1-9-26-13-15/h1-6,9,12-14H,7-8,10-11H2,(H,27,31)(H,28,29). The average Bonchev–Trinajstić information content (AvgIpc) is 3.30. The zero-order valence-electron chi connectivity index (χ0n) is 17.3. The van der Waals surface area contributed by atoms with E-state index in [1.54, 1.807) is 29.4 Å². The summed E-state index contributed by atoms with van der Waals surface area (Å²) in [5, 5.41) is 9.63. The smallest absolute Gasteiger partial charge is 0.406 e. The summed E-state index contributed by atoms with van der Waals surface area (Å²) in [5.74, 6) is -1.12. The number of piperidine rings is 1. The van der Waals surface area contributed by atoms with Crippen LogP contribution in [0, 0.1) is 5.92 Å². The highest BCUT2D eigenvalue weighted by Gasteiger charge is 2.31. The Balaban J connectivity index is 1.29. The Morgan fingerprint density at radius 2 is 1.85 bits per heavy atom. The van der Waals surface area contributed by atoms with Crippen molar-refractivity contribution in [3.05, 3.63) is 60.6 Å². The van der Waals surface area contributed by atoms with E-state index in [1.165, 1.54) is 12.1 Å². The molecule has 2 N–H and O–H groups in total. The third kappa shape index (κ3) is 5.68. The number of halogens is 3. The minimum Gasteiger partial charge on any atom is -0.406 e. The second kappa shape index (κ2) is 9.31. The van der Waals surface area contributed by atoms with Crippen molar-refractivity contribution in [2.45, 2.75) is 19.2 Å². The molecule has 0 bridgehead atoms. The topological polar surface area (TPSA) is 100 Å². The number of aromatic amines is 1. The number of nitrogens with zero attached hydrogens (tertiary/aromatic N) is 3. The summed E-state index contributed by atoms with van der Waals surface area (Å²) in [7, 11) is 0. The molecule has 0 unspecified atom stereocenters. The van der Waals surface area contributed by atoms with Crippen molar-refractivity contribution in [3.8, 4) is 17.0 Å². The number of alkyl halides is 3. The van der Waals surface area contributed by atoms with E-state index in [4.69, 9.17) is 0 Å². The van der Waals surface area contributed by atoms with Gasteiger partial charge in [0, 0.05) is 42.7 Å². The lowest BCUT2D eigenvalue weighted by Gasteiger charge is -2.31. The molecule has 1 saturated heterocycles. The van der Waals surface area contributed by atoms with Crippen LogP contribution in [-0.4, -0.2) is 51.3 Å². The van der Waals surface area contributed by atoms with Gasteiger partial charge in [0.25, 0.3) is 5.91 Å². The van der Waals surface area contributed by atoms with Gasteiger partial charge >= 0.3 is 6.36 Å². The predicted molar refractivity (Wildman–Crippen MR) is 112 cm³/mol. The zero-order valence-corrected chi connectivity index (χ0v) is 17.3. The summed E-state index contributed by atoms with van der Waals surface area (Å²) in [6.45, 7) is 0.799. The zero-order chi connectivity index (χ0) is 23.4. The molecule has 0 radical (unpaired) electrons. The Bertz CT molecular complexity index is 1110. The number of nitrogens with one attached hydrogen (secondary N) is 2. The third-order valence-corrected chi connectivity index (χ3v) is 5.27. The van der Waals surface area contributed by atoms with Crippen molar-refractivity contribution in [1.82, 2.24) is 20.1 Å². The number of likely N-dealkylation sites (tertiary alicyclic amines) is 1. The fourth-order valence-electron chi connectivity index (χ4n) is 3.59. The van der Waals surface area contributed by atoms with Gasteiger partial charge in [0.2, 0.25) is 5.91 Å². The van der Waals surface area contributed by atoms with Gasteiger partial charge in [-0.25, -0.2) is 0 Å². The van der Waals surface area contributed by atoms with Crippen LogP contribution in [0.5, 0.6) is 5.75 Å². The minimum atomic E-state index is -4.77. The molecule has 2 amide bonds. The number of hydrogen-bond acceptors (Lipinski definition) is 5. The molecule has 3 aromatic rings. The van der Waals surface area contributed by atoms with Crippen molar-refractivity contribution in [2.24, 2.45) is 5.92 Å². The molecule has 0 spiro atoms. The van der Waals surface area contributed by atoms with E-state index in [9.17, 15) is 22.8 Å². The molecule has 2 aromatic heterocycles. The largest absolute Gasteiger partial charge is 0.573 e. The molecule has 1 aliphatic rings. The summed E-state index contributed by atoms with van der Waals surface area (Å²) < 4.78 is 40.5. The maximum absolute atomic E-state index is 12.8. The summed E-state index contributed by atoms with van der Waals surface area (Å²) in [6, 6.07) is 10.3. The molecule has 172 valence electrons. The molecular weight excluding hydrogens is 439 g/mol. The average molecular weight is 459 g/mol. The molecular formula is C22H20F3N5O3. The quantitative estimate of drug-likeness (QED) is 0.604. The Morgan fingerprint density at radius 1 is 1.12 bits per heavy atom. The van der Waals surface area contributed by atoms with Gasteiger partial charge in [-0.1, -0.05) is 0 Å². The van der Waals surface area contributed by atoms with Crippen molar-refractivity contribution in [2.75, 3.05) is 18.4 Å². The van der Waals surface area contributed by atoms with Crippen LogP contribution < -0.4 is 10.1 Å². The molecule has 0 atom stereocenters. The lowest BCUT2D eigenvalue weighted by atomic mass is 9.95. The Hall–Kier alpha value is -3.89. The number of carbonyl (C=O) groups excluding carboxylic acids is 2. The summed E-state index contributed by atoms with van der Waals surface area (Å²) in [6.07, 6.45) is -0.523. The van der Waals surface area contributed by atoms with E-state index in [-0.39, 0.29) is 23.5 Å². The van der Waals surface area contributed by atoms with Crippen molar-refractivity contribution in [1.29, 1.82) is 0 Å². The van der Waals surface area contributed by atoms with Crippen LogP contribution in [0.15, 0.2) is 54.9 Å². The third-order valence-electron chi connectivity index (χ3n) is 5.27. The van der Waals surface area contributed by atoms with Gasteiger partial charge in [-0.2, -0.15) is 5.10 Å². The van der Waals surface area contributed by atoms with Gasteiger partial charge in [-0.05, 0) is 55.3 Å². The highest BCUT2D eigenvalue weighted by Crippen LogP contribution is 2.25. The van der Waals surface area contributed by atoms with Gasteiger partial charge < -0.3 is 15.0 Å². The van der Waals surface area contributed by atoms with Crippen molar-refractivity contribution >= 4 is 17.5 Å². The van der Waals surface area contributed by atoms with Gasteiger partial charge in [0.05, 0.1) is 5.69 Å². The van der Waals surface area contributed by atoms with Crippen LogP contribution in [0.3, 0.4) is 0 Å². The van der Waals surface area contributed by atoms with E-state index >= 15 is 0 Å². The Kier molecular flexibility index (Phi) is 6.29. The monoisotopic (exact) mass is 459 g/mol. The molecule has 1 fully saturated rings. The van der Waals surface area contributed by atoms with E-state index < -0.39 is 6.36 Å². The van der Waals surface area contributed by atoms with E-state index in [1.807, 2.05) is 6.07 Å². The summed E-state index contributed by atoms with van der Waals surface area (Å²) in [5.41, 5.74) is 2.14. The fraction of sp³-hybridized carbons (Fsp3) is 0.273. The molecule has 0 saturated carbocycles. The second-order valence-corrected chi connectivity index (χ2v) is 7.54. The van der Waals surface area contributed by atoms with Crippen LogP contribution in [-0.2, 0) is 4.79 Å². The van der Waals surface area contributed by atoms with Crippen LogP contribution in [0.4, 0.5) is 18.9 Å².